The molecule has 1 fully saturated rings. The van der Waals surface area contributed by atoms with E-state index in [0.29, 0.717) is 0 Å². The van der Waals surface area contributed by atoms with Crippen LogP contribution in [0.15, 0.2) is 4.47 Å². The van der Waals surface area contributed by atoms with Crippen LogP contribution in [0, 0.1) is 12.8 Å². The van der Waals surface area contributed by atoms with E-state index in [2.05, 4.69) is 45.1 Å². The molecule has 0 aromatic carbocycles. The lowest BCUT2D eigenvalue weighted by molar-refractivity contribution is 0.172. The van der Waals surface area contributed by atoms with E-state index in [0.717, 1.165) is 24.7 Å². The molecule has 1 saturated heterocycles. The second kappa shape index (κ2) is 6.86. The third-order valence-corrected chi connectivity index (χ3v) is 5.06. The smallest absolute Gasteiger partial charge is 0.0739 e. The van der Waals surface area contributed by atoms with Crippen molar-refractivity contribution in [1.82, 2.24) is 20.0 Å². The average molecular weight is 329 g/mol. The number of likely N-dealkylation sites (tertiary alicyclic amines) is 1. The molecule has 0 unspecified atom stereocenters. The Morgan fingerprint density at radius 3 is 2.58 bits per heavy atom. The number of nitrogens with zero attached hydrogens (tertiary/aromatic N) is 3. The van der Waals surface area contributed by atoms with Gasteiger partial charge >= 0.3 is 0 Å². The summed E-state index contributed by atoms with van der Waals surface area (Å²) in [5.74, 6) is 0.855. The molecule has 1 aromatic heterocycles. The van der Waals surface area contributed by atoms with Gasteiger partial charge in [0.25, 0.3) is 0 Å². The van der Waals surface area contributed by atoms with Gasteiger partial charge in [-0.15, -0.1) is 0 Å². The molecule has 1 aromatic rings. The van der Waals surface area contributed by atoms with E-state index in [1.165, 1.54) is 42.6 Å². The summed E-state index contributed by atoms with van der Waals surface area (Å²) in [5.41, 5.74) is 2.38. The minimum absolute atomic E-state index is 0.855. The zero-order valence-electron chi connectivity index (χ0n) is 12.2. The van der Waals surface area contributed by atoms with Crippen LogP contribution in [-0.2, 0) is 13.6 Å². The van der Waals surface area contributed by atoms with Crippen molar-refractivity contribution >= 4 is 15.9 Å². The molecule has 1 aliphatic heterocycles. The van der Waals surface area contributed by atoms with Crippen LogP contribution in [0.1, 0.15) is 31.2 Å². The number of aromatic nitrogens is 2. The van der Waals surface area contributed by atoms with Crippen molar-refractivity contribution in [2.45, 2.75) is 33.2 Å². The molecule has 0 amide bonds. The van der Waals surface area contributed by atoms with E-state index in [-0.39, 0.29) is 0 Å². The summed E-state index contributed by atoms with van der Waals surface area (Å²) in [6.07, 6.45) is 2.61. The van der Waals surface area contributed by atoms with E-state index >= 15 is 0 Å². The van der Waals surface area contributed by atoms with Gasteiger partial charge in [-0.25, -0.2) is 0 Å². The van der Waals surface area contributed by atoms with Crippen LogP contribution < -0.4 is 5.32 Å². The van der Waals surface area contributed by atoms with E-state index in [9.17, 15) is 0 Å². The van der Waals surface area contributed by atoms with Gasteiger partial charge in [0.15, 0.2) is 0 Å². The van der Waals surface area contributed by atoms with Gasteiger partial charge in [0.05, 0.1) is 15.9 Å². The quantitative estimate of drug-likeness (QED) is 0.900. The Hall–Kier alpha value is -0.390. The minimum atomic E-state index is 0.855. The topological polar surface area (TPSA) is 33.1 Å². The largest absolute Gasteiger partial charge is 0.317 e. The molecule has 5 heteroatoms. The van der Waals surface area contributed by atoms with Crippen LogP contribution in [0.2, 0.25) is 0 Å². The molecule has 108 valence electrons. The van der Waals surface area contributed by atoms with Crippen LogP contribution in [0.3, 0.4) is 0 Å². The fourth-order valence-electron chi connectivity index (χ4n) is 2.76. The van der Waals surface area contributed by atoms with Gasteiger partial charge in [0.2, 0.25) is 0 Å². The lowest BCUT2D eigenvalue weighted by atomic mass is 9.96. The Kier molecular flexibility index (Phi) is 5.42. The highest BCUT2D eigenvalue weighted by atomic mass is 79.9. The maximum atomic E-state index is 4.46. The van der Waals surface area contributed by atoms with Gasteiger partial charge in [0.1, 0.15) is 0 Å². The highest BCUT2D eigenvalue weighted by Gasteiger charge is 2.21. The lowest BCUT2D eigenvalue weighted by Gasteiger charge is -2.32. The first-order valence-corrected chi connectivity index (χ1v) is 8.02. The highest BCUT2D eigenvalue weighted by molar-refractivity contribution is 9.10. The summed E-state index contributed by atoms with van der Waals surface area (Å²) in [5, 5.41) is 7.93. The molecule has 1 aliphatic rings. The lowest BCUT2D eigenvalue weighted by Crippen LogP contribution is -2.37. The Morgan fingerprint density at radius 1 is 1.37 bits per heavy atom. The van der Waals surface area contributed by atoms with Crippen LogP contribution in [0.4, 0.5) is 0 Å². The Bertz CT molecular complexity index is 408. The molecule has 0 aliphatic carbocycles. The molecule has 0 atom stereocenters. The number of hydrogen-bond acceptors (Lipinski definition) is 3. The molecule has 0 bridgehead atoms. The van der Waals surface area contributed by atoms with E-state index in [4.69, 9.17) is 0 Å². The van der Waals surface area contributed by atoms with Crippen molar-refractivity contribution in [3.05, 3.63) is 15.9 Å². The number of rotatable bonds is 5. The molecule has 0 radical (unpaired) electrons. The maximum absolute atomic E-state index is 4.46. The molecule has 2 rings (SSSR count). The first-order chi connectivity index (χ1) is 9.11. The number of nitrogens with one attached hydrogen (secondary N) is 1. The maximum Gasteiger partial charge on any atom is 0.0739 e. The van der Waals surface area contributed by atoms with Gasteiger partial charge in [-0.1, -0.05) is 6.92 Å². The molecule has 2 heterocycles. The molecular weight excluding hydrogens is 304 g/mol. The van der Waals surface area contributed by atoms with Crippen LogP contribution in [-0.4, -0.2) is 40.9 Å². The third-order valence-electron chi connectivity index (χ3n) is 4.03. The summed E-state index contributed by atoms with van der Waals surface area (Å²) in [6.45, 7) is 9.90. The predicted octanol–water partition coefficient (Wildman–Crippen LogP) is 2.31. The zero-order valence-corrected chi connectivity index (χ0v) is 13.8. The standard InChI is InChI=1S/C14H25BrN4/c1-4-16-9-12-5-7-19(8-6-12)10-13-14(15)11(2)17-18(13)3/h12,16H,4-10H2,1-3H3. The third kappa shape index (κ3) is 3.80. The van der Waals surface area contributed by atoms with Crippen LogP contribution in [0.5, 0.6) is 0 Å². The van der Waals surface area contributed by atoms with Crippen molar-refractivity contribution in [2.24, 2.45) is 13.0 Å². The summed E-state index contributed by atoms with van der Waals surface area (Å²) >= 11 is 3.65. The van der Waals surface area contributed by atoms with Crippen molar-refractivity contribution in [3.63, 3.8) is 0 Å². The normalized spacial score (nSPS) is 18.1. The first kappa shape index (κ1) is 15.0. The van der Waals surface area contributed by atoms with Crippen molar-refractivity contribution in [3.8, 4) is 0 Å². The molecule has 0 spiro atoms. The molecule has 0 saturated carbocycles. The number of hydrogen-bond donors (Lipinski definition) is 1. The van der Waals surface area contributed by atoms with E-state index in [1.807, 2.05) is 11.7 Å². The fraction of sp³-hybridized carbons (Fsp3) is 0.786. The monoisotopic (exact) mass is 328 g/mol. The SMILES string of the molecule is CCNCC1CCN(Cc2c(Br)c(C)nn2C)CC1. The number of halogens is 1. The predicted molar refractivity (Wildman–Crippen MR) is 82.2 cm³/mol. The number of piperidine rings is 1. The Balaban J connectivity index is 1.85. The summed E-state index contributed by atoms with van der Waals surface area (Å²) < 4.78 is 3.18. The summed E-state index contributed by atoms with van der Waals surface area (Å²) in [6, 6.07) is 0. The Labute approximate surface area is 124 Å². The molecular formula is C14H25BrN4. The van der Waals surface area contributed by atoms with Gasteiger partial charge in [-0.3, -0.25) is 9.58 Å². The first-order valence-electron chi connectivity index (χ1n) is 7.22. The number of aryl methyl sites for hydroxylation is 2. The second-order valence-electron chi connectivity index (χ2n) is 5.50. The Morgan fingerprint density at radius 2 is 2.05 bits per heavy atom. The van der Waals surface area contributed by atoms with Crippen LogP contribution in [0.25, 0.3) is 0 Å². The van der Waals surface area contributed by atoms with Crippen molar-refractivity contribution in [1.29, 1.82) is 0 Å². The second-order valence-corrected chi connectivity index (χ2v) is 6.29. The van der Waals surface area contributed by atoms with Gasteiger partial charge in [0, 0.05) is 13.6 Å². The van der Waals surface area contributed by atoms with Gasteiger partial charge < -0.3 is 5.32 Å². The fourth-order valence-corrected chi connectivity index (χ4v) is 3.22. The van der Waals surface area contributed by atoms with Crippen molar-refractivity contribution < 1.29 is 0 Å². The minimum Gasteiger partial charge on any atom is -0.317 e. The van der Waals surface area contributed by atoms with Gasteiger partial charge in [-0.05, 0) is 67.8 Å². The average Bonchev–Trinajstić information content (AvgIpc) is 2.64. The van der Waals surface area contributed by atoms with E-state index in [1.54, 1.807) is 0 Å². The summed E-state index contributed by atoms with van der Waals surface area (Å²) in [7, 11) is 2.03. The highest BCUT2D eigenvalue weighted by Crippen LogP contribution is 2.24. The zero-order chi connectivity index (χ0) is 13.8. The van der Waals surface area contributed by atoms with E-state index < -0.39 is 0 Å². The van der Waals surface area contributed by atoms with Crippen LogP contribution >= 0.6 is 15.9 Å². The van der Waals surface area contributed by atoms with Crippen molar-refractivity contribution in [2.75, 3.05) is 26.2 Å². The molecule has 19 heavy (non-hydrogen) atoms. The summed E-state index contributed by atoms with van der Waals surface area (Å²) in [4.78, 5) is 2.55. The van der Waals surface area contributed by atoms with Gasteiger partial charge in [-0.2, -0.15) is 5.10 Å². The molecule has 1 N–H and O–H groups in total. The molecule has 4 nitrogen and oxygen atoms in total.